The van der Waals surface area contributed by atoms with Crippen LogP contribution in [-0.4, -0.2) is 22.7 Å². The van der Waals surface area contributed by atoms with Crippen LogP contribution in [0.2, 0.25) is 0 Å². The van der Waals surface area contributed by atoms with Gasteiger partial charge in [-0.15, -0.1) is 0 Å². The molecule has 134 valence electrons. The Morgan fingerprint density at radius 1 is 1.12 bits per heavy atom. The highest BCUT2D eigenvalue weighted by molar-refractivity contribution is 5.93. The van der Waals surface area contributed by atoms with E-state index in [1.54, 1.807) is 30.3 Å². The third kappa shape index (κ3) is 4.41. The molecule has 1 heterocycles. The minimum absolute atomic E-state index is 0.0385. The fraction of sp³-hybridized carbons (Fsp3) is 0.111. The van der Waals surface area contributed by atoms with Crippen LogP contribution in [0, 0.1) is 5.82 Å². The average Bonchev–Trinajstić information content (AvgIpc) is 3.11. The van der Waals surface area contributed by atoms with Crippen molar-refractivity contribution in [3.8, 4) is 17.0 Å². The van der Waals surface area contributed by atoms with E-state index in [0.717, 1.165) is 5.56 Å². The van der Waals surface area contributed by atoms with Gasteiger partial charge in [0.15, 0.2) is 0 Å². The minimum atomic E-state index is -2.89. The maximum Gasteiger partial charge on any atom is 0.387 e. The zero-order valence-electron chi connectivity index (χ0n) is 13.4. The van der Waals surface area contributed by atoms with Crippen LogP contribution in [0.5, 0.6) is 5.75 Å². The number of amides is 1. The van der Waals surface area contributed by atoms with Crippen molar-refractivity contribution < 1.29 is 22.7 Å². The van der Waals surface area contributed by atoms with E-state index < -0.39 is 6.61 Å². The number of halogens is 3. The van der Waals surface area contributed by atoms with Gasteiger partial charge in [-0.25, -0.2) is 4.39 Å². The number of aromatic nitrogens is 2. The first kappa shape index (κ1) is 17.5. The smallest absolute Gasteiger partial charge is 0.387 e. The highest BCUT2D eigenvalue weighted by Gasteiger charge is 2.11. The molecule has 0 unspecified atom stereocenters. The summed E-state index contributed by atoms with van der Waals surface area (Å²) < 4.78 is 41.4. The molecule has 0 aliphatic rings. The average molecular weight is 361 g/mol. The Morgan fingerprint density at radius 3 is 2.46 bits per heavy atom. The molecule has 0 aliphatic heterocycles. The van der Waals surface area contributed by atoms with Gasteiger partial charge in [-0.05, 0) is 48.0 Å². The molecule has 26 heavy (non-hydrogen) atoms. The first-order chi connectivity index (χ1) is 12.5. The summed E-state index contributed by atoms with van der Waals surface area (Å²) in [5, 5.41) is 9.36. The number of H-pyrrole nitrogens is 1. The first-order valence-corrected chi connectivity index (χ1v) is 7.64. The van der Waals surface area contributed by atoms with Crippen LogP contribution < -0.4 is 10.1 Å². The highest BCUT2D eigenvalue weighted by atomic mass is 19.3. The predicted molar refractivity (Wildman–Crippen MR) is 88.2 cm³/mol. The molecule has 3 aromatic rings. The van der Waals surface area contributed by atoms with E-state index in [2.05, 4.69) is 20.3 Å². The number of ether oxygens (including phenoxy) is 1. The normalized spacial score (nSPS) is 10.8. The van der Waals surface area contributed by atoms with Gasteiger partial charge in [0.1, 0.15) is 17.3 Å². The highest BCUT2D eigenvalue weighted by Crippen LogP contribution is 2.22. The van der Waals surface area contributed by atoms with Gasteiger partial charge in [-0.3, -0.25) is 9.89 Å². The fourth-order valence-corrected chi connectivity index (χ4v) is 2.27. The number of nitrogens with zero attached hydrogens (tertiary/aromatic N) is 1. The summed E-state index contributed by atoms with van der Waals surface area (Å²) in [7, 11) is 0. The van der Waals surface area contributed by atoms with E-state index in [0.29, 0.717) is 11.3 Å². The van der Waals surface area contributed by atoms with Crippen LogP contribution >= 0.6 is 0 Å². The largest absolute Gasteiger partial charge is 0.435 e. The Kier molecular flexibility index (Phi) is 5.21. The van der Waals surface area contributed by atoms with Gasteiger partial charge in [-0.2, -0.15) is 13.9 Å². The van der Waals surface area contributed by atoms with E-state index in [4.69, 9.17) is 0 Å². The number of hydrogen-bond donors (Lipinski definition) is 2. The standard InChI is InChI=1S/C18H14F3N3O2/c19-13-5-1-11(2-6-13)10-22-17(25)16-9-15(23-24-16)12-3-7-14(8-4-12)26-18(20)21/h1-9,18H,10H2,(H,22,25)(H,23,24). The van der Waals surface area contributed by atoms with E-state index >= 15 is 0 Å². The van der Waals surface area contributed by atoms with Crippen LogP contribution in [-0.2, 0) is 6.54 Å². The minimum Gasteiger partial charge on any atom is -0.435 e. The van der Waals surface area contributed by atoms with Gasteiger partial charge in [0.2, 0.25) is 0 Å². The molecule has 0 saturated carbocycles. The van der Waals surface area contributed by atoms with Crippen LogP contribution in [0.4, 0.5) is 13.2 Å². The van der Waals surface area contributed by atoms with Crippen molar-refractivity contribution in [1.29, 1.82) is 0 Å². The molecule has 3 rings (SSSR count). The molecule has 0 saturated heterocycles. The number of alkyl halides is 2. The van der Waals surface area contributed by atoms with Gasteiger partial charge in [-0.1, -0.05) is 12.1 Å². The molecule has 0 spiro atoms. The van der Waals surface area contributed by atoms with Crippen molar-refractivity contribution >= 4 is 5.91 Å². The zero-order valence-corrected chi connectivity index (χ0v) is 13.4. The lowest BCUT2D eigenvalue weighted by molar-refractivity contribution is -0.0498. The van der Waals surface area contributed by atoms with Gasteiger partial charge in [0, 0.05) is 12.1 Å². The van der Waals surface area contributed by atoms with E-state index in [1.807, 2.05) is 0 Å². The van der Waals surface area contributed by atoms with Gasteiger partial charge in [0.05, 0.1) is 5.69 Å². The summed E-state index contributed by atoms with van der Waals surface area (Å²) >= 11 is 0. The van der Waals surface area contributed by atoms with Crippen LogP contribution in [0.15, 0.2) is 54.6 Å². The third-order valence-corrected chi connectivity index (χ3v) is 3.56. The summed E-state index contributed by atoms with van der Waals surface area (Å²) in [5.41, 5.74) is 2.13. The molecule has 2 N–H and O–H groups in total. The molecule has 0 fully saturated rings. The third-order valence-electron chi connectivity index (χ3n) is 3.56. The number of hydrogen-bond acceptors (Lipinski definition) is 3. The number of rotatable bonds is 6. The summed E-state index contributed by atoms with van der Waals surface area (Å²) in [6, 6.07) is 13.3. The van der Waals surface area contributed by atoms with E-state index in [1.165, 1.54) is 24.3 Å². The molecule has 0 bridgehead atoms. The van der Waals surface area contributed by atoms with Crippen molar-refractivity contribution in [3.05, 3.63) is 71.7 Å². The number of nitrogens with one attached hydrogen (secondary N) is 2. The van der Waals surface area contributed by atoms with Gasteiger partial charge >= 0.3 is 6.61 Å². The second kappa shape index (κ2) is 7.73. The second-order valence-electron chi connectivity index (χ2n) is 5.38. The lowest BCUT2D eigenvalue weighted by Crippen LogP contribution is -2.23. The van der Waals surface area contributed by atoms with Crippen molar-refractivity contribution in [2.45, 2.75) is 13.2 Å². The molecule has 2 aromatic carbocycles. The van der Waals surface area contributed by atoms with Crippen LogP contribution in [0.25, 0.3) is 11.3 Å². The lowest BCUT2D eigenvalue weighted by atomic mass is 10.1. The van der Waals surface area contributed by atoms with Crippen molar-refractivity contribution in [2.75, 3.05) is 0 Å². The van der Waals surface area contributed by atoms with Crippen molar-refractivity contribution in [1.82, 2.24) is 15.5 Å². The van der Waals surface area contributed by atoms with E-state index in [-0.39, 0.29) is 29.7 Å². The summed E-state index contributed by atoms with van der Waals surface area (Å²) in [5.74, 6) is -0.675. The molecular formula is C18H14F3N3O2. The van der Waals surface area contributed by atoms with Crippen molar-refractivity contribution in [3.63, 3.8) is 0 Å². The summed E-state index contributed by atoms with van der Waals surface area (Å²) in [6.07, 6.45) is 0. The molecular weight excluding hydrogens is 347 g/mol. The summed E-state index contributed by atoms with van der Waals surface area (Å²) in [6.45, 7) is -2.64. The molecule has 8 heteroatoms. The number of carbonyl (C=O) groups excluding carboxylic acids is 1. The second-order valence-corrected chi connectivity index (χ2v) is 5.38. The molecule has 0 atom stereocenters. The molecule has 1 amide bonds. The quantitative estimate of drug-likeness (QED) is 0.703. The number of aromatic amines is 1. The predicted octanol–water partition coefficient (Wildman–Crippen LogP) is 3.75. The number of carbonyl (C=O) groups is 1. The zero-order chi connectivity index (χ0) is 18.5. The Labute approximate surface area is 146 Å². The molecule has 0 radical (unpaired) electrons. The summed E-state index contributed by atoms with van der Waals surface area (Å²) in [4.78, 5) is 12.1. The fourth-order valence-electron chi connectivity index (χ4n) is 2.27. The Bertz CT molecular complexity index is 877. The first-order valence-electron chi connectivity index (χ1n) is 7.64. The van der Waals surface area contributed by atoms with Gasteiger partial charge < -0.3 is 10.1 Å². The number of benzene rings is 2. The lowest BCUT2D eigenvalue weighted by Gasteiger charge is -2.04. The SMILES string of the molecule is O=C(NCc1ccc(F)cc1)c1cc(-c2ccc(OC(F)F)cc2)n[nH]1. The Hall–Kier alpha value is -3.29. The van der Waals surface area contributed by atoms with Crippen molar-refractivity contribution in [2.24, 2.45) is 0 Å². The Balaban J connectivity index is 1.63. The molecule has 1 aromatic heterocycles. The maximum absolute atomic E-state index is 12.9. The molecule has 0 aliphatic carbocycles. The van der Waals surface area contributed by atoms with Crippen LogP contribution in [0.3, 0.4) is 0 Å². The maximum atomic E-state index is 12.9. The monoisotopic (exact) mass is 361 g/mol. The topological polar surface area (TPSA) is 67.0 Å². The molecule has 5 nitrogen and oxygen atoms in total. The Morgan fingerprint density at radius 2 is 1.81 bits per heavy atom. The van der Waals surface area contributed by atoms with Crippen LogP contribution in [0.1, 0.15) is 16.1 Å². The van der Waals surface area contributed by atoms with E-state index in [9.17, 15) is 18.0 Å². The van der Waals surface area contributed by atoms with Gasteiger partial charge in [0.25, 0.3) is 5.91 Å².